The summed E-state index contributed by atoms with van der Waals surface area (Å²) < 4.78 is 80.0. The fourth-order valence-electron chi connectivity index (χ4n) is 10.2. The van der Waals surface area contributed by atoms with Gasteiger partial charge in [0.15, 0.2) is 0 Å². The lowest BCUT2D eigenvalue weighted by molar-refractivity contribution is -0.157. The maximum Gasteiger partial charge on any atom is 0.416 e. The zero-order chi connectivity index (χ0) is 33.9. The largest absolute Gasteiger partial charge is 0.416 e. The number of hydrogen-bond acceptors (Lipinski definition) is 3. The van der Waals surface area contributed by atoms with E-state index in [1.165, 1.54) is 24.3 Å². The minimum atomic E-state index is -4.55. The molecule has 0 bridgehead atoms. The van der Waals surface area contributed by atoms with Crippen LogP contribution in [0, 0.1) is 34.5 Å². The fraction of sp³-hybridized carbons (Fsp3) is 0.622. The van der Waals surface area contributed by atoms with Gasteiger partial charge >= 0.3 is 12.4 Å². The number of amides is 1. The number of alkyl halides is 6. The van der Waals surface area contributed by atoms with Crippen molar-refractivity contribution >= 4 is 11.7 Å². The average molecular weight is 663 g/mol. The molecule has 5 unspecified atom stereocenters. The van der Waals surface area contributed by atoms with Crippen molar-refractivity contribution in [2.45, 2.75) is 96.6 Å². The van der Waals surface area contributed by atoms with Crippen LogP contribution in [0.5, 0.6) is 0 Å². The Hall–Kier alpha value is -2.88. The van der Waals surface area contributed by atoms with Gasteiger partial charge < -0.3 is 5.32 Å². The number of carbonyl (C=O) groups is 2. The molecule has 6 rings (SSSR count). The second-order valence-corrected chi connectivity index (χ2v) is 15.0. The number of nitrogens with one attached hydrogen (secondary N) is 1. The number of piperidine rings is 1. The zero-order valence-corrected chi connectivity index (χ0v) is 27.2. The van der Waals surface area contributed by atoms with Crippen molar-refractivity contribution < 1.29 is 35.9 Å². The van der Waals surface area contributed by atoms with E-state index in [2.05, 4.69) is 31.0 Å². The molecule has 4 fully saturated rings. The molecule has 4 aliphatic rings. The van der Waals surface area contributed by atoms with E-state index >= 15 is 0 Å². The Labute approximate surface area is 272 Å². The summed E-state index contributed by atoms with van der Waals surface area (Å²) in [4.78, 5) is 29.4. The number of Topliss-reactive ketones (excluding diaryl/α,β-unsaturated/α-hetero) is 1. The summed E-state index contributed by atoms with van der Waals surface area (Å²) in [5, 5.41) is 3.08. The predicted octanol–water partition coefficient (Wildman–Crippen LogP) is 8.84. The van der Waals surface area contributed by atoms with Crippen LogP contribution in [0.4, 0.5) is 26.3 Å². The second-order valence-electron chi connectivity index (χ2n) is 15.0. The van der Waals surface area contributed by atoms with E-state index < -0.39 is 29.5 Å². The summed E-state index contributed by atoms with van der Waals surface area (Å²) in [6.45, 7) is 8.61. The first-order chi connectivity index (χ1) is 22.1. The van der Waals surface area contributed by atoms with Gasteiger partial charge in [0.25, 0.3) is 0 Å². The van der Waals surface area contributed by atoms with Crippen molar-refractivity contribution in [3.05, 3.63) is 70.8 Å². The molecule has 3 aliphatic carbocycles. The van der Waals surface area contributed by atoms with E-state index in [1.807, 2.05) is 0 Å². The molecule has 3 saturated carbocycles. The minimum absolute atomic E-state index is 0.0456. The maximum atomic E-state index is 14.2. The summed E-state index contributed by atoms with van der Waals surface area (Å²) in [5.74, 6) is 0.974. The summed E-state index contributed by atoms with van der Waals surface area (Å²) in [6.07, 6.45) is -2.55. The number of benzene rings is 2. The van der Waals surface area contributed by atoms with E-state index in [0.29, 0.717) is 53.9 Å². The van der Waals surface area contributed by atoms with E-state index in [4.69, 9.17) is 0 Å². The second kappa shape index (κ2) is 12.2. The molecule has 7 atom stereocenters. The summed E-state index contributed by atoms with van der Waals surface area (Å²) in [6, 6.07) is 8.21. The Morgan fingerprint density at radius 1 is 0.851 bits per heavy atom. The highest BCUT2D eigenvalue weighted by atomic mass is 19.4. The molecule has 0 radical (unpaired) electrons. The van der Waals surface area contributed by atoms with Crippen LogP contribution in [0.25, 0.3) is 0 Å². The molecule has 0 aromatic heterocycles. The molecule has 2 aromatic carbocycles. The lowest BCUT2D eigenvalue weighted by Crippen LogP contribution is -2.64. The van der Waals surface area contributed by atoms with Gasteiger partial charge in [-0.3, -0.25) is 14.5 Å². The van der Waals surface area contributed by atoms with Crippen LogP contribution in [0.1, 0.15) is 100 Å². The molecule has 1 aliphatic heterocycles. The third-order valence-electron chi connectivity index (χ3n) is 12.6. The van der Waals surface area contributed by atoms with Gasteiger partial charge in [-0.05, 0) is 109 Å². The van der Waals surface area contributed by atoms with E-state index in [0.717, 1.165) is 69.5 Å². The van der Waals surface area contributed by atoms with Crippen molar-refractivity contribution in [3.8, 4) is 0 Å². The summed E-state index contributed by atoms with van der Waals surface area (Å²) in [7, 11) is 0. The SMILES string of the molecule is CCCN1CC2C3CCC(C(=O)NC(c4ccc(C(F)(F)F)cc4)c4ccc(C(F)(F)F)cc4)[C@@]3(C)CCC2[C@@]2(C)CCC(=O)CC12. The van der Waals surface area contributed by atoms with Gasteiger partial charge in [-0.25, -0.2) is 0 Å². The molecule has 47 heavy (non-hydrogen) atoms. The smallest absolute Gasteiger partial charge is 0.345 e. The topological polar surface area (TPSA) is 49.4 Å². The molecule has 1 amide bonds. The molecule has 1 N–H and O–H groups in total. The molecule has 1 heterocycles. The molecular formula is C37H44F6N2O2. The predicted molar refractivity (Wildman–Crippen MR) is 166 cm³/mol. The minimum Gasteiger partial charge on any atom is -0.345 e. The molecule has 2 aromatic rings. The Kier molecular flexibility index (Phi) is 8.84. The maximum absolute atomic E-state index is 14.2. The van der Waals surface area contributed by atoms with Crippen LogP contribution in [0.15, 0.2) is 48.5 Å². The fourth-order valence-corrected chi connectivity index (χ4v) is 10.2. The monoisotopic (exact) mass is 662 g/mol. The number of ketones is 1. The van der Waals surface area contributed by atoms with Crippen molar-refractivity contribution in [1.82, 2.24) is 10.2 Å². The molecular weight excluding hydrogens is 618 g/mol. The zero-order valence-electron chi connectivity index (χ0n) is 27.2. The normalized spacial score (nSPS) is 32.9. The van der Waals surface area contributed by atoms with Crippen molar-refractivity contribution in [2.24, 2.45) is 34.5 Å². The number of fused-ring (bicyclic) bond motifs is 5. The molecule has 1 saturated heterocycles. The highest BCUT2D eigenvalue weighted by Gasteiger charge is 2.62. The lowest BCUT2D eigenvalue weighted by atomic mass is 9.48. The van der Waals surface area contributed by atoms with Crippen LogP contribution in [-0.2, 0) is 21.9 Å². The van der Waals surface area contributed by atoms with Crippen LogP contribution in [0.3, 0.4) is 0 Å². The van der Waals surface area contributed by atoms with Gasteiger partial charge in [-0.1, -0.05) is 45.0 Å². The van der Waals surface area contributed by atoms with Crippen LogP contribution >= 0.6 is 0 Å². The van der Waals surface area contributed by atoms with Gasteiger partial charge in [0.05, 0.1) is 17.2 Å². The highest BCUT2D eigenvalue weighted by molar-refractivity contribution is 5.81. The standard InChI is InChI=1S/C37H44F6N2O2/c1-4-19-45-21-27-28-13-14-30(34(28,2)18-16-29(27)35(3)17-15-26(46)20-31(35)45)33(47)44-32(22-5-9-24(10-6-22)36(38,39)40)23-7-11-25(12-8-23)37(41,42)43/h5-12,27-32H,4,13-21H2,1-3H3,(H,44,47)/t27?,28?,29?,30?,31?,34-,35+/m0/s1. The Morgan fingerprint density at radius 3 is 1.94 bits per heavy atom. The first kappa shape index (κ1) is 34.0. The number of rotatable bonds is 6. The van der Waals surface area contributed by atoms with E-state index in [1.54, 1.807) is 0 Å². The molecule has 256 valence electrons. The average Bonchev–Trinajstić information content (AvgIpc) is 3.37. The Morgan fingerprint density at radius 2 is 1.40 bits per heavy atom. The van der Waals surface area contributed by atoms with Crippen molar-refractivity contribution in [3.63, 3.8) is 0 Å². The van der Waals surface area contributed by atoms with Crippen LogP contribution in [0.2, 0.25) is 0 Å². The number of hydrogen-bond donors (Lipinski definition) is 1. The molecule has 4 nitrogen and oxygen atoms in total. The summed E-state index contributed by atoms with van der Waals surface area (Å²) >= 11 is 0. The molecule has 0 spiro atoms. The third-order valence-corrected chi connectivity index (χ3v) is 12.6. The Bertz CT molecular complexity index is 1410. The lowest BCUT2D eigenvalue weighted by Gasteiger charge is -2.63. The van der Waals surface area contributed by atoms with Gasteiger partial charge in [-0.15, -0.1) is 0 Å². The van der Waals surface area contributed by atoms with E-state index in [-0.39, 0.29) is 28.7 Å². The van der Waals surface area contributed by atoms with Crippen LogP contribution in [-0.4, -0.2) is 35.7 Å². The number of nitrogens with zero attached hydrogens (tertiary/aromatic N) is 1. The first-order valence-electron chi connectivity index (χ1n) is 17.0. The summed E-state index contributed by atoms with van der Waals surface area (Å²) in [5.41, 5.74) is -1.20. The van der Waals surface area contributed by atoms with Gasteiger partial charge in [-0.2, -0.15) is 26.3 Å². The van der Waals surface area contributed by atoms with E-state index in [9.17, 15) is 35.9 Å². The number of halogens is 6. The van der Waals surface area contributed by atoms with Crippen molar-refractivity contribution in [2.75, 3.05) is 13.1 Å². The third kappa shape index (κ3) is 6.12. The number of likely N-dealkylation sites (tertiary alicyclic amines) is 1. The molecule has 10 heteroatoms. The number of carbonyl (C=O) groups excluding carboxylic acids is 2. The van der Waals surface area contributed by atoms with Gasteiger partial charge in [0, 0.05) is 31.3 Å². The van der Waals surface area contributed by atoms with Crippen molar-refractivity contribution in [1.29, 1.82) is 0 Å². The van der Waals surface area contributed by atoms with Crippen LogP contribution < -0.4 is 5.32 Å². The highest BCUT2D eigenvalue weighted by Crippen LogP contribution is 2.65. The van der Waals surface area contributed by atoms with Gasteiger partial charge in [0.2, 0.25) is 5.91 Å². The van der Waals surface area contributed by atoms with Gasteiger partial charge in [0.1, 0.15) is 5.78 Å². The quantitative estimate of drug-likeness (QED) is 0.315. The first-order valence-corrected chi connectivity index (χ1v) is 17.0. The Balaban J connectivity index is 1.27.